The molecule has 7 nitrogen and oxygen atoms in total. The summed E-state index contributed by atoms with van der Waals surface area (Å²) in [6.45, 7) is 0.169. The highest BCUT2D eigenvalue weighted by atomic mass is 31.2. The van der Waals surface area contributed by atoms with Crippen LogP contribution in [0.2, 0.25) is 0 Å². The highest BCUT2D eigenvalue weighted by Gasteiger charge is 2.42. The molecule has 8 heteroatoms. The van der Waals surface area contributed by atoms with Crippen LogP contribution in [0.25, 0.3) is 0 Å². The normalized spacial score (nSPS) is 17.2. The van der Waals surface area contributed by atoms with Gasteiger partial charge in [0.25, 0.3) is 0 Å². The second-order valence-corrected chi connectivity index (χ2v) is 6.24. The van der Waals surface area contributed by atoms with Gasteiger partial charge in [-0.05, 0) is 0 Å². The van der Waals surface area contributed by atoms with Crippen molar-refractivity contribution < 1.29 is 28.7 Å². The fourth-order valence-electron chi connectivity index (χ4n) is 1.31. The van der Waals surface area contributed by atoms with Crippen molar-refractivity contribution in [2.45, 2.75) is 11.7 Å². The van der Waals surface area contributed by atoms with E-state index in [0.717, 1.165) is 0 Å². The Balaban J connectivity index is 4.82. The van der Waals surface area contributed by atoms with E-state index >= 15 is 0 Å². The molecule has 0 heterocycles. The molecular formula is C7H18N2O5P+. The average molecular weight is 241 g/mol. The first-order valence-corrected chi connectivity index (χ1v) is 5.97. The Morgan fingerprint density at radius 2 is 1.80 bits per heavy atom. The molecule has 1 unspecified atom stereocenters. The molecule has 0 aliphatic heterocycles. The number of likely N-dealkylation sites (N-methyl/N-ethyl adjacent to an activating group) is 1. The number of rotatable bonds is 5. The van der Waals surface area contributed by atoms with Gasteiger partial charge in [0.15, 0.2) is 5.66 Å². The van der Waals surface area contributed by atoms with E-state index in [-0.39, 0.29) is 6.54 Å². The van der Waals surface area contributed by atoms with Gasteiger partial charge in [-0.2, -0.15) is 0 Å². The second kappa shape index (κ2) is 4.59. The summed E-state index contributed by atoms with van der Waals surface area (Å²) in [5.41, 5.74) is 3.66. The van der Waals surface area contributed by atoms with Crippen LogP contribution in [0.15, 0.2) is 0 Å². The maximum atomic E-state index is 10.9. The van der Waals surface area contributed by atoms with Crippen molar-refractivity contribution in [2.75, 3.05) is 27.7 Å². The molecule has 90 valence electrons. The number of hydrogen-bond acceptors (Lipinski definition) is 3. The van der Waals surface area contributed by atoms with Gasteiger partial charge >= 0.3 is 13.6 Å². The molecule has 0 aliphatic carbocycles. The van der Waals surface area contributed by atoms with Crippen LogP contribution in [0.1, 0.15) is 0 Å². The zero-order valence-corrected chi connectivity index (χ0v) is 9.89. The quantitative estimate of drug-likeness (QED) is 0.349. The van der Waals surface area contributed by atoms with Gasteiger partial charge in [-0.1, -0.05) is 0 Å². The summed E-state index contributed by atoms with van der Waals surface area (Å²) in [7, 11) is 0.578. The van der Waals surface area contributed by atoms with Crippen LogP contribution >= 0.6 is 7.60 Å². The summed E-state index contributed by atoms with van der Waals surface area (Å²) in [5, 5.41) is 8.70. The molecule has 0 saturated carbocycles. The van der Waals surface area contributed by atoms with Gasteiger partial charge in [0.2, 0.25) is 0 Å². The van der Waals surface area contributed by atoms with Crippen molar-refractivity contribution in [1.29, 1.82) is 0 Å². The molecule has 0 aromatic rings. The van der Waals surface area contributed by atoms with Gasteiger partial charge in [0.1, 0.15) is 0 Å². The standard InChI is InChI=1S/C7H17N2O5P/c1-9(2,3)4-5(8)6(7(10)11)15(12,13)14/h5-6H,4,8H2,1-3H3,(H2-,10,11,12,13,14)/p+1/t5?,6-/m1/s1. The molecule has 0 spiro atoms. The summed E-state index contributed by atoms with van der Waals surface area (Å²) in [4.78, 5) is 28.4. The van der Waals surface area contributed by atoms with E-state index in [1.165, 1.54) is 0 Å². The van der Waals surface area contributed by atoms with Crippen LogP contribution in [0.3, 0.4) is 0 Å². The third kappa shape index (κ3) is 5.25. The van der Waals surface area contributed by atoms with Crippen molar-refractivity contribution in [1.82, 2.24) is 0 Å². The lowest BCUT2D eigenvalue weighted by Crippen LogP contribution is -2.52. The lowest BCUT2D eigenvalue weighted by Gasteiger charge is -2.30. The minimum absolute atomic E-state index is 0.169. The van der Waals surface area contributed by atoms with E-state index < -0.39 is 25.3 Å². The van der Waals surface area contributed by atoms with E-state index in [1.807, 2.05) is 0 Å². The zero-order chi connectivity index (χ0) is 12.4. The Hall–Kier alpha value is -0.460. The monoisotopic (exact) mass is 241 g/mol. The molecule has 0 rings (SSSR count). The Bertz CT molecular complexity index is 282. The molecule has 5 N–H and O–H groups in total. The van der Waals surface area contributed by atoms with E-state index in [1.54, 1.807) is 21.1 Å². The number of carboxylic acids is 1. The summed E-state index contributed by atoms with van der Waals surface area (Å²) in [5.74, 6) is -1.57. The minimum Gasteiger partial charge on any atom is -0.481 e. The second-order valence-electron chi connectivity index (χ2n) is 4.51. The van der Waals surface area contributed by atoms with E-state index in [4.69, 9.17) is 20.6 Å². The van der Waals surface area contributed by atoms with Crippen LogP contribution in [-0.4, -0.2) is 64.7 Å². The third-order valence-corrected chi connectivity index (χ3v) is 3.11. The largest absolute Gasteiger partial charge is 0.481 e. The number of nitrogens with zero attached hydrogens (tertiary/aromatic N) is 1. The van der Waals surface area contributed by atoms with E-state index in [2.05, 4.69) is 0 Å². The topological polar surface area (TPSA) is 121 Å². The summed E-state index contributed by atoms with van der Waals surface area (Å²) in [6.07, 6.45) is 0. The fraction of sp³-hybridized carbons (Fsp3) is 0.857. The molecule has 15 heavy (non-hydrogen) atoms. The third-order valence-electron chi connectivity index (χ3n) is 1.78. The predicted molar refractivity (Wildman–Crippen MR) is 54.3 cm³/mol. The van der Waals surface area contributed by atoms with Crippen LogP contribution in [-0.2, 0) is 9.36 Å². The van der Waals surface area contributed by atoms with Crippen molar-refractivity contribution in [3.8, 4) is 0 Å². The molecule has 0 radical (unpaired) electrons. The minimum atomic E-state index is -4.71. The molecule has 0 aromatic heterocycles. The number of carbonyl (C=O) groups is 1. The smallest absolute Gasteiger partial charge is 0.341 e. The lowest BCUT2D eigenvalue weighted by molar-refractivity contribution is -0.871. The average Bonchev–Trinajstić information content (AvgIpc) is 1.74. The number of carboxylic acid groups (broad SMARTS) is 1. The van der Waals surface area contributed by atoms with Crippen LogP contribution in [0.5, 0.6) is 0 Å². The Morgan fingerprint density at radius 1 is 1.40 bits per heavy atom. The first-order chi connectivity index (χ1) is 6.45. The molecule has 0 fully saturated rings. The maximum Gasteiger partial charge on any atom is 0.341 e. The summed E-state index contributed by atoms with van der Waals surface area (Å²) in [6, 6.07) is -1.08. The number of quaternary nitrogens is 1. The Morgan fingerprint density at radius 3 is 2.00 bits per heavy atom. The first-order valence-electron chi connectivity index (χ1n) is 4.29. The van der Waals surface area contributed by atoms with Gasteiger partial charge < -0.3 is 25.1 Å². The molecule has 0 saturated heterocycles. The first kappa shape index (κ1) is 14.5. The van der Waals surface area contributed by atoms with Gasteiger partial charge in [-0.15, -0.1) is 0 Å². The molecule has 0 amide bonds. The van der Waals surface area contributed by atoms with E-state index in [0.29, 0.717) is 4.48 Å². The number of nitrogens with two attached hydrogens (primary N) is 1. The molecule has 0 aromatic carbocycles. The highest BCUT2D eigenvalue weighted by molar-refractivity contribution is 7.53. The van der Waals surface area contributed by atoms with Gasteiger partial charge in [-0.3, -0.25) is 9.36 Å². The predicted octanol–water partition coefficient (Wildman–Crippen LogP) is -1.35. The van der Waals surface area contributed by atoms with Crippen molar-refractivity contribution in [2.24, 2.45) is 5.73 Å². The number of hydrogen-bond donors (Lipinski definition) is 4. The maximum absolute atomic E-state index is 10.9. The summed E-state index contributed by atoms with van der Waals surface area (Å²) < 4.78 is 11.3. The van der Waals surface area contributed by atoms with Crippen LogP contribution in [0, 0.1) is 0 Å². The fourth-order valence-corrected chi connectivity index (χ4v) is 2.19. The van der Waals surface area contributed by atoms with Gasteiger partial charge in [0, 0.05) is 0 Å². The summed E-state index contributed by atoms with van der Waals surface area (Å²) >= 11 is 0. The highest BCUT2D eigenvalue weighted by Crippen LogP contribution is 2.42. The van der Waals surface area contributed by atoms with Gasteiger partial charge in [0.05, 0.1) is 33.7 Å². The molecular weight excluding hydrogens is 223 g/mol. The molecule has 0 bridgehead atoms. The van der Waals surface area contributed by atoms with Crippen molar-refractivity contribution in [3.63, 3.8) is 0 Å². The lowest BCUT2D eigenvalue weighted by atomic mass is 10.2. The van der Waals surface area contributed by atoms with E-state index in [9.17, 15) is 9.36 Å². The van der Waals surface area contributed by atoms with Crippen LogP contribution < -0.4 is 5.73 Å². The van der Waals surface area contributed by atoms with Gasteiger partial charge in [-0.25, -0.2) is 0 Å². The SMILES string of the molecule is C[N+](C)(C)CC(N)[C@H](C(=O)O)P(=O)(O)O. The number of aliphatic carboxylic acids is 1. The Kier molecular flexibility index (Phi) is 4.45. The van der Waals surface area contributed by atoms with Crippen molar-refractivity contribution in [3.05, 3.63) is 0 Å². The molecule has 2 atom stereocenters. The van der Waals surface area contributed by atoms with Crippen LogP contribution in [0.4, 0.5) is 0 Å². The van der Waals surface area contributed by atoms with Crippen molar-refractivity contribution >= 4 is 13.6 Å². The molecule has 0 aliphatic rings. The Labute approximate surface area is 88.2 Å². The zero-order valence-electron chi connectivity index (χ0n) is 8.99.